The van der Waals surface area contributed by atoms with Gasteiger partial charge in [-0.05, 0) is 13.0 Å². The molecule has 0 aliphatic heterocycles. The molecule has 0 radical (unpaired) electrons. The maximum Gasteiger partial charge on any atom is 0.311 e. The number of benzene rings is 1. The largest absolute Gasteiger partial charge is 0.486 e. The van der Waals surface area contributed by atoms with Gasteiger partial charge in [0.2, 0.25) is 0 Å². The van der Waals surface area contributed by atoms with Gasteiger partial charge in [-0.3, -0.25) is 14.9 Å². The van der Waals surface area contributed by atoms with Crippen LogP contribution in [0.5, 0.6) is 5.75 Å². The minimum absolute atomic E-state index is 0.128. The molecule has 1 aromatic rings. The van der Waals surface area contributed by atoms with E-state index >= 15 is 0 Å². The number of rotatable bonds is 5. The van der Waals surface area contributed by atoms with Crippen molar-refractivity contribution in [3.05, 3.63) is 34.1 Å². The fourth-order valence-electron chi connectivity index (χ4n) is 1.24. The Morgan fingerprint density at radius 3 is 2.78 bits per heavy atom. The van der Waals surface area contributed by atoms with E-state index in [0.717, 1.165) is 18.2 Å². The number of carbonyl (C=O) groups is 1. The number of halogens is 1. The molecule has 1 rings (SSSR count). The zero-order valence-corrected chi connectivity index (χ0v) is 9.88. The Hall–Kier alpha value is -2.18. The van der Waals surface area contributed by atoms with Gasteiger partial charge >= 0.3 is 11.7 Å². The minimum Gasteiger partial charge on any atom is -0.486 e. The smallest absolute Gasteiger partial charge is 0.311 e. The van der Waals surface area contributed by atoms with Crippen LogP contribution in [0.25, 0.3) is 0 Å². The molecule has 0 fully saturated rings. The van der Waals surface area contributed by atoms with E-state index in [9.17, 15) is 19.3 Å². The lowest BCUT2D eigenvalue weighted by Crippen LogP contribution is -2.20. The Kier molecular flexibility index (Phi) is 4.59. The topological polar surface area (TPSA) is 78.7 Å². The molecular formula is C11H12FNO5. The van der Waals surface area contributed by atoms with E-state index in [2.05, 4.69) is 4.74 Å². The van der Waals surface area contributed by atoms with E-state index in [-0.39, 0.29) is 18.0 Å². The second-order valence-electron chi connectivity index (χ2n) is 3.60. The number of nitro benzene ring substituents is 1. The van der Waals surface area contributed by atoms with Crippen LogP contribution in [0.4, 0.5) is 10.1 Å². The number of ether oxygens (including phenoxy) is 2. The highest BCUT2D eigenvalue weighted by Gasteiger charge is 2.19. The highest BCUT2D eigenvalue weighted by molar-refractivity contribution is 5.71. The lowest BCUT2D eigenvalue weighted by molar-refractivity contribution is -0.386. The summed E-state index contributed by atoms with van der Waals surface area (Å²) in [5.74, 6) is -1.97. The van der Waals surface area contributed by atoms with Gasteiger partial charge in [-0.2, -0.15) is 0 Å². The molecule has 6 nitrogen and oxygen atoms in total. The molecule has 1 atom stereocenters. The van der Waals surface area contributed by atoms with Crippen LogP contribution in [0, 0.1) is 21.8 Å². The first-order chi connectivity index (χ1) is 8.45. The molecule has 18 heavy (non-hydrogen) atoms. The molecule has 0 spiro atoms. The highest BCUT2D eigenvalue weighted by Crippen LogP contribution is 2.27. The lowest BCUT2D eigenvalue weighted by Gasteiger charge is -2.11. The Bertz CT molecular complexity index is 463. The van der Waals surface area contributed by atoms with Gasteiger partial charge in [0.1, 0.15) is 12.4 Å². The predicted molar refractivity (Wildman–Crippen MR) is 59.7 cm³/mol. The molecule has 0 saturated carbocycles. The third-order valence-corrected chi connectivity index (χ3v) is 2.21. The molecule has 0 bridgehead atoms. The minimum atomic E-state index is -0.683. The number of hydrogen-bond donors (Lipinski definition) is 0. The number of hydrogen-bond acceptors (Lipinski definition) is 5. The second kappa shape index (κ2) is 5.95. The molecule has 0 aliphatic carbocycles. The van der Waals surface area contributed by atoms with Crippen molar-refractivity contribution in [3.8, 4) is 5.75 Å². The summed E-state index contributed by atoms with van der Waals surface area (Å²) in [4.78, 5) is 21.1. The third-order valence-electron chi connectivity index (χ3n) is 2.21. The summed E-state index contributed by atoms with van der Waals surface area (Å²) in [6, 6.07) is 2.88. The van der Waals surface area contributed by atoms with Gasteiger partial charge in [0, 0.05) is 12.1 Å². The third kappa shape index (κ3) is 3.41. The molecule has 1 unspecified atom stereocenters. The number of esters is 1. The summed E-state index contributed by atoms with van der Waals surface area (Å²) < 4.78 is 22.5. The monoisotopic (exact) mass is 257 g/mol. The van der Waals surface area contributed by atoms with Crippen LogP contribution in [-0.4, -0.2) is 24.6 Å². The van der Waals surface area contributed by atoms with Gasteiger partial charge < -0.3 is 9.47 Å². The van der Waals surface area contributed by atoms with Crippen molar-refractivity contribution < 1.29 is 23.6 Å². The zero-order chi connectivity index (χ0) is 13.7. The second-order valence-corrected chi connectivity index (χ2v) is 3.60. The maximum atomic E-state index is 13.0. The van der Waals surface area contributed by atoms with E-state index in [0.29, 0.717) is 0 Å². The standard InChI is InChI=1S/C11H12FNO5/c1-7(11(14)17-2)6-18-10-5-8(12)3-4-9(10)13(15)16/h3-5,7H,6H2,1-2H3. The first kappa shape index (κ1) is 13.9. The van der Waals surface area contributed by atoms with E-state index in [1.165, 1.54) is 14.0 Å². The van der Waals surface area contributed by atoms with Crippen molar-refractivity contribution in [1.29, 1.82) is 0 Å². The average molecular weight is 257 g/mol. The van der Waals surface area contributed by atoms with Crippen molar-refractivity contribution in [2.24, 2.45) is 5.92 Å². The molecular weight excluding hydrogens is 245 g/mol. The summed E-state index contributed by atoms with van der Waals surface area (Å²) >= 11 is 0. The molecule has 0 N–H and O–H groups in total. The molecule has 0 aromatic heterocycles. The van der Waals surface area contributed by atoms with Crippen LogP contribution in [0.3, 0.4) is 0 Å². The molecule has 0 amide bonds. The van der Waals surface area contributed by atoms with Gasteiger partial charge in [-0.15, -0.1) is 0 Å². The Labute approximate surface area is 102 Å². The predicted octanol–water partition coefficient (Wildman–Crippen LogP) is 1.92. The normalized spacial score (nSPS) is 11.7. The fraction of sp³-hybridized carbons (Fsp3) is 0.364. The summed E-state index contributed by atoms with van der Waals surface area (Å²) in [5.41, 5.74) is -0.353. The SMILES string of the molecule is COC(=O)C(C)COc1cc(F)ccc1[N+](=O)[O-]. The molecule has 0 heterocycles. The summed E-state index contributed by atoms with van der Waals surface area (Å²) in [6.45, 7) is 1.41. The molecule has 1 aromatic carbocycles. The van der Waals surface area contributed by atoms with Crippen LogP contribution < -0.4 is 4.74 Å². The van der Waals surface area contributed by atoms with Crippen LogP contribution >= 0.6 is 0 Å². The van der Waals surface area contributed by atoms with Gasteiger partial charge in [0.15, 0.2) is 5.75 Å². The van der Waals surface area contributed by atoms with Crippen LogP contribution in [0.1, 0.15) is 6.92 Å². The van der Waals surface area contributed by atoms with Crippen molar-refractivity contribution in [2.45, 2.75) is 6.92 Å². The van der Waals surface area contributed by atoms with Crippen LogP contribution in [-0.2, 0) is 9.53 Å². The van der Waals surface area contributed by atoms with E-state index < -0.39 is 22.6 Å². The van der Waals surface area contributed by atoms with Crippen LogP contribution in [0.2, 0.25) is 0 Å². The Morgan fingerprint density at radius 2 is 2.22 bits per heavy atom. The number of nitro groups is 1. The summed E-state index contributed by atoms with van der Waals surface area (Å²) in [6.07, 6.45) is 0. The van der Waals surface area contributed by atoms with E-state index in [4.69, 9.17) is 4.74 Å². The molecule has 98 valence electrons. The number of carbonyl (C=O) groups excluding carboxylic acids is 1. The van der Waals surface area contributed by atoms with Crippen LogP contribution in [0.15, 0.2) is 18.2 Å². The van der Waals surface area contributed by atoms with Crippen molar-refractivity contribution in [3.63, 3.8) is 0 Å². The van der Waals surface area contributed by atoms with E-state index in [1.807, 2.05) is 0 Å². The fourth-order valence-corrected chi connectivity index (χ4v) is 1.24. The lowest BCUT2D eigenvalue weighted by atomic mass is 10.2. The van der Waals surface area contributed by atoms with Gasteiger partial charge in [0.05, 0.1) is 18.0 Å². The van der Waals surface area contributed by atoms with Crippen molar-refractivity contribution >= 4 is 11.7 Å². The summed E-state index contributed by atoms with van der Waals surface area (Å²) in [7, 11) is 1.23. The van der Waals surface area contributed by atoms with Crippen molar-refractivity contribution in [1.82, 2.24) is 0 Å². The first-order valence-electron chi connectivity index (χ1n) is 5.10. The van der Waals surface area contributed by atoms with Crippen molar-refractivity contribution in [2.75, 3.05) is 13.7 Å². The molecule has 0 aliphatic rings. The Balaban J connectivity index is 2.80. The average Bonchev–Trinajstić information content (AvgIpc) is 2.34. The first-order valence-corrected chi connectivity index (χ1v) is 5.10. The van der Waals surface area contributed by atoms with Gasteiger partial charge in [-0.1, -0.05) is 0 Å². The summed E-state index contributed by atoms with van der Waals surface area (Å²) in [5, 5.41) is 10.7. The number of methoxy groups -OCH3 is 1. The quantitative estimate of drug-likeness (QED) is 0.457. The zero-order valence-electron chi connectivity index (χ0n) is 9.88. The number of nitrogens with zero attached hydrogens (tertiary/aromatic N) is 1. The van der Waals surface area contributed by atoms with Gasteiger partial charge in [-0.25, -0.2) is 4.39 Å². The molecule has 7 heteroatoms. The Morgan fingerprint density at radius 1 is 1.56 bits per heavy atom. The molecule has 0 saturated heterocycles. The highest BCUT2D eigenvalue weighted by atomic mass is 19.1. The maximum absolute atomic E-state index is 13.0. The van der Waals surface area contributed by atoms with E-state index in [1.54, 1.807) is 0 Å². The van der Waals surface area contributed by atoms with Gasteiger partial charge in [0.25, 0.3) is 0 Å².